The van der Waals surface area contributed by atoms with Crippen LogP contribution in [-0.2, 0) is 33.9 Å². The maximum absolute atomic E-state index is 11.7. The zero-order valence-electron chi connectivity index (χ0n) is 16.3. The first-order chi connectivity index (χ1) is 12.0. The smallest absolute Gasteiger partial charge is 0.326 e. The van der Waals surface area contributed by atoms with Gasteiger partial charge in [0.25, 0.3) is 0 Å². The first-order valence-electron chi connectivity index (χ1n) is 9.71. The minimum absolute atomic E-state index is 0. The van der Waals surface area contributed by atoms with Crippen molar-refractivity contribution in [1.82, 2.24) is 5.32 Å². The molecule has 0 spiro atoms. The van der Waals surface area contributed by atoms with Gasteiger partial charge in [0, 0.05) is 32.3 Å². The van der Waals surface area contributed by atoms with Gasteiger partial charge < -0.3 is 15.5 Å². The molecule has 148 valence electrons. The van der Waals surface area contributed by atoms with Crippen LogP contribution < -0.4 is 5.32 Å². The molecule has 1 amide bonds. The molecule has 0 aliphatic carbocycles. The molecular formula is C19H35NO5Zn. The second kappa shape index (κ2) is 18.8. The van der Waals surface area contributed by atoms with Gasteiger partial charge in [0.2, 0.25) is 5.91 Å². The Morgan fingerprint density at radius 1 is 0.769 bits per heavy atom. The van der Waals surface area contributed by atoms with Gasteiger partial charge in [-0.2, -0.15) is 0 Å². The molecule has 3 N–H and O–H groups in total. The molecule has 0 aromatic carbocycles. The average molecular weight is 423 g/mol. The summed E-state index contributed by atoms with van der Waals surface area (Å²) >= 11 is 0. The number of unbranched alkanes of at least 4 members (excludes halogenated alkanes) is 10. The topological polar surface area (TPSA) is 104 Å². The van der Waals surface area contributed by atoms with Gasteiger partial charge in [-0.15, -0.1) is 0 Å². The molecule has 0 saturated heterocycles. The summed E-state index contributed by atoms with van der Waals surface area (Å²) in [6.45, 7) is 2.22. The standard InChI is InChI=1S/C19H35NO5.Zn/c1-2-3-4-5-6-7-8-9-10-11-12-13-17(21)20-16(19(24)25)14-15-18(22)23;/h16H,2-15H2,1H3,(H,20,21)(H,22,23)(H,24,25);/t16-;/m1./s1. The number of carbonyl (C=O) groups excluding carboxylic acids is 1. The van der Waals surface area contributed by atoms with Crippen molar-refractivity contribution < 1.29 is 44.1 Å². The quantitative estimate of drug-likeness (QED) is 0.241. The number of rotatable bonds is 17. The fraction of sp³-hybridized carbons (Fsp3) is 0.842. The number of carbonyl (C=O) groups is 3. The summed E-state index contributed by atoms with van der Waals surface area (Å²) in [7, 11) is 0. The van der Waals surface area contributed by atoms with E-state index in [9.17, 15) is 14.4 Å². The largest absolute Gasteiger partial charge is 0.481 e. The maximum Gasteiger partial charge on any atom is 0.326 e. The van der Waals surface area contributed by atoms with Gasteiger partial charge in [0.1, 0.15) is 6.04 Å². The third-order valence-corrected chi connectivity index (χ3v) is 4.29. The van der Waals surface area contributed by atoms with Gasteiger partial charge in [0.15, 0.2) is 0 Å². The Balaban J connectivity index is 0. The van der Waals surface area contributed by atoms with E-state index in [1.165, 1.54) is 51.4 Å². The molecule has 0 radical (unpaired) electrons. The van der Waals surface area contributed by atoms with E-state index >= 15 is 0 Å². The Labute approximate surface area is 170 Å². The van der Waals surface area contributed by atoms with Crippen molar-refractivity contribution in [3.8, 4) is 0 Å². The van der Waals surface area contributed by atoms with Crippen LogP contribution >= 0.6 is 0 Å². The van der Waals surface area contributed by atoms with Crippen molar-refractivity contribution in [1.29, 1.82) is 0 Å². The maximum atomic E-state index is 11.7. The number of amides is 1. The average Bonchev–Trinajstić information content (AvgIpc) is 2.56. The Kier molecular flexibility index (Phi) is 19.7. The third-order valence-electron chi connectivity index (χ3n) is 4.29. The molecule has 0 aliphatic rings. The minimum atomic E-state index is -1.19. The molecule has 26 heavy (non-hydrogen) atoms. The van der Waals surface area contributed by atoms with Gasteiger partial charge in [0.05, 0.1) is 0 Å². The van der Waals surface area contributed by atoms with E-state index in [2.05, 4.69) is 12.2 Å². The van der Waals surface area contributed by atoms with E-state index in [4.69, 9.17) is 10.2 Å². The second-order valence-electron chi connectivity index (χ2n) is 6.68. The van der Waals surface area contributed by atoms with Crippen LogP contribution in [0.4, 0.5) is 0 Å². The number of carboxylic acid groups (broad SMARTS) is 2. The van der Waals surface area contributed by atoms with E-state index in [1.807, 2.05) is 0 Å². The molecular weight excluding hydrogens is 388 g/mol. The van der Waals surface area contributed by atoms with Gasteiger partial charge in [-0.25, -0.2) is 4.79 Å². The molecule has 0 rings (SSSR count). The number of nitrogens with one attached hydrogen (secondary N) is 1. The fourth-order valence-electron chi connectivity index (χ4n) is 2.74. The number of hydrogen-bond donors (Lipinski definition) is 3. The second-order valence-corrected chi connectivity index (χ2v) is 6.68. The molecule has 0 aromatic rings. The third kappa shape index (κ3) is 17.8. The first kappa shape index (κ1) is 27.3. The summed E-state index contributed by atoms with van der Waals surface area (Å²) in [5.41, 5.74) is 0. The molecule has 0 fully saturated rings. The van der Waals surface area contributed by atoms with Crippen LogP contribution in [0.5, 0.6) is 0 Å². The van der Waals surface area contributed by atoms with E-state index in [1.54, 1.807) is 0 Å². The Morgan fingerprint density at radius 2 is 1.23 bits per heavy atom. The van der Waals surface area contributed by atoms with E-state index in [0.29, 0.717) is 6.42 Å². The normalized spacial score (nSPS) is 11.4. The number of aliphatic carboxylic acids is 2. The van der Waals surface area contributed by atoms with Crippen LogP contribution in [0.3, 0.4) is 0 Å². The summed E-state index contributed by atoms with van der Waals surface area (Å²) in [4.78, 5) is 33.2. The summed E-state index contributed by atoms with van der Waals surface area (Å²) < 4.78 is 0. The molecule has 0 aliphatic heterocycles. The van der Waals surface area contributed by atoms with Crippen LogP contribution in [0.2, 0.25) is 0 Å². The minimum Gasteiger partial charge on any atom is -0.481 e. The monoisotopic (exact) mass is 421 g/mol. The van der Waals surface area contributed by atoms with Crippen LogP contribution in [0.25, 0.3) is 0 Å². The van der Waals surface area contributed by atoms with E-state index < -0.39 is 18.0 Å². The van der Waals surface area contributed by atoms with Gasteiger partial charge in [-0.1, -0.05) is 71.1 Å². The molecule has 0 unspecified atom stereocenters. The molecule has 0 saturated carbocycles. The zero-order chi connectivity index (χ0) is 18.9. The van der Waals surface area contributed by atoms with Crippen molar-refractivity contribution in [2.75, 3.05) is 0 Å². The predicted octanol–water partition coefficient (Wildman–Crippen LogP) is 4.12. The molecule has 6 nitrogen and oxygen atoms in total. The molecule has 0 aromatic heterocycles. The van der Waals surface area contributed by atoms with Crippen LogP contribution in [0, 0.1) is 0 Å². The molecule has 7 heteroatoms. The van der Waals surface area contributed by atoms with Crippen molar-refractivity contribution in [3.63, 3.8) is 0 Å². The summed E-state index contributed by atoms with van der Waals surface area (Å²) in [6.07, 6.45) is 13.1. The van der Waals surface area contributed by atoms with E-state index in [-0.39, 0.29) is 38.2 Å². The predicted molar refractivity (Wildman–Crippen MR) is 97.5 cm³/mol. The van der Waals surface area contributed by atoms with Gasteiger partial charge in [-0.05, 0) is 12.8 Å². The number of carboxylic acids is 2. The molecule has 0 heterocycles. The van der Waals surface area contributed by atoms with Gasteiger partial charge in [-0.3, -0.25) is 9.59 Å². The van der Waals surface area contributed by atoms with Crippen LogP contribution in [0.15, 0.2) is 0 Å². The van der Waals surface area contributed by atoms with Crippen molar-refractivity contribution in [3.05, 3.63) is 0 Å². The number of hydrogen-bond acceptors (Lipinski definition) is 3. The molecule has 1 atom stereocenters. The Hall–Kier alpha value is -0.967. The van der Waals surface area contributed by atoms with Crippen molar-refractivity contribution >= 4 is 17.8 Å². The summed E-state index contributed by atoms with van der Waals surface area (Å²) in [5.74, 6) is -2.56. The molecule has 0 bridgehead atoms. The SMILES string of the molecule is CCCCCCCCCCCCCC(=O)N[C@H](CCC(=O)O)C(=O)O.[Zn]. The summed E-state index contributed by atoms with van der Waals surface area (Å²) in [6, 6.07) is -1.11. The van der Waals surface area contributed by atoms with Crippen molar-refractivity contribution in [2.45, 2.75) is 103 Å². The zero-order valence-corrected chi connectivity index (χ0v) is 19.3. The van der Waals surface area contributed by atoms with E-state index in [0.717, 1.165) is 19.3 Å². The summed E-state index contributed by atoms with van der Waals surface area (Å²) in [5, 5.41) is 20.0. The Bertz CT molecular complexity index is 390. The Morgan fingerprint density at radius 3 is 1.65 bits per heavy atom. The van der Waals surface area contributed by atoms with Crippen LogP contribution in [0.1, 0.15) is 96.8 Å². The first-order valence-corrected chi connectivity index (χ1v) is 9.71. The van der Waals surface area contributed by atoms with Crippen molar-refractivity contribution in [2.24, 2.45) is 0 Å². The van der Waals surface area contributed by atoms with Gasteiger partial charge >= 0.3 is 11.9 Å². The van der Waals surface area contributed by atoms with Crippen LogP contribution in [-0.4, -0.2) is 34.1 Å². The fourth-order valence-corrected chi connectivity index (χ4v) is 2.74.